The first-order valence-electron chi connectivity index (χ1n) is 8.03. The summed E-state index contributed by atoms with van der Waals surface area (Å²) in [5.74, 6) is -0.362. The zero-order chi connectivity index (χ0) is 16.6. The minimum Gasteiger partial charge on any atom is -0.391 e. The molecule has 2 aliphatic heterocycles. The third-order valence-corrected chi connectivity index (χ3v) is 4.65. The molecule has 2 saturated heterocycles. The lowest BCUT2D eigenvalue weighted by Gasteiger charge is -2.35. The van der Waals surface area contributed by atoms with E-state index < -0.39 is 18.2 Å². The molecule has 2 fully saturated rings. The van der Waals surface area contributed by atoms with Gasteiger partial charge >= 0.3 is 0 Å². The van der Waals surface area contributed by atoms with Gasteiger partial charge in [-0.05, 0) is 25.8 Å². The van der Waals surface area contributed by atoms with Crippen molar-refractivity contribution in [3.05, 3.63) is 35.4 Å². The first-order chi connectivity index (χ1) is 11.0. The van der Waals surface area contributed by atoms with Crippen LogP contribution in [0.2, 0.25) is 0 Å². The van der Waals surface area contributed by atoms with Crippen LogP contribution in [0.4, 0.5) is 0 Å². The van der Waals surface area contributed by atoms with Gasteiger partial charge in [-0.25, -0.2) is 0 Å². The summed E-state index contributed by atoms with van der Waals surface area (Å²) in [7, 11) is 0. The Labute approximate surface area is 135 Å². The molecule has 2 heterocycles. The maximum absolute atomic E-state index is 12.4. The van der Waals surface area contributed by atoms with Crippen LogP contribution in [-0.4, -0.2) is 52.6 Å². The van der Waals surface area contributed by atoms with Crippen molar-refractivity contribution >= 4 is 11.8 Å². The predicted molar refractivity (Wildman–Crippen MR) is 85.5 cm³/mol. The maximum Gasteiger partial charge on any atom is 0.248 e. The Kier molecular flexibility index (Phi) is 4.37. The van der Waals surface area contributed by atoms with Crippen LogP contribution in [0, 0.1) is 6.92 Å². The van der Waals surface area contributed by atoms with Crippen molar-refractivity contribution in [2.24, 2.45) is 0 Å². The number of carbonyl (C=O) groups is 2. The highest BCUT2D eigenvalue weighted by molar-refractivity contribution is 5.97. The summed E-state index contributed by atoms with van der Waals surface area (Å²) in [5.41, 5.74) is 2.40. The van der Waals surface area contributed by atoms with Gasteiger partial charge in [-0.1, -0.05) is 29.8 Å². The highest BCUT2D eigenvalue weighted by Gasteiger charge is 2.47. The van der Waals surface area contributed by atoms with Crippen LogP contribution in [0.3, 0.4) is 0 Å². The Balaban J connectivity index is 1.62. The van der Waals surface area contributed by atoms with Gasteiger partial charge in [0, 0.05) is 19.1 Å². The Morgan fingerprint density at radius 2 is 2.04 bits per heavy atom. The number of aliphatic hydroxyl groups is 1. The lowest BCUT2D eigenvalue weighted by molar-refractivity contribution is -0.149. The first-order valence-corrected chi connectivity index (χ1v) is 8.03. The fourth-order valence-corrected chi connectivity index (χ4v) is 3.26. The van der Waals surface area contributed by atoms with Crippen molar-refractivity contribution in [1.82, 2.24) is 15.5 Å². The Morgan fingerprint density at radius 1 is 1.35 bits per heavy atom. The van der Waals surface area contributed by atoms with Crippen molar-refractivity contribution in [3.8, 4) is 0 Å². The molecule has 3 N–H and O–H groups in total. The fourth-order valence-electron chi connectivity index (χ4n) is 3.26. The number of hydrogen-bond donors (Lipinski definition) is 3. The molecule has 124 valence electrons. The van der Waals surface area contributed by atoms with Gasteiger partial charge in [-0.2, -0.15) is 0 Å². The number of benzene rings is 1. The van der Waals surface area contributed by atoms with Crippen LogP contribution in [0.1, 0.15) is 24.5 Å². The number of piperazine rings is 1. The monoisotopic (exact) mass is 317 g/mol. The first kappa shape index (κ1) is 16.0. The predicted octanol–water partition coefficient (Wildman–Crippen LogP) is -0.0667. The minimum atomic E-state index is -0.882. The van der Waals surface area contributed by atoms with Gasteiger partial charge in [-0.3, -0.25) is 9.59 Å². The van der Waals surface area contributed by atoms with E-state index in [0.29, 0.717) is 19.5 Å². The van der Waals surface area contributed by atoms with Gasteiger partial charge in [0.1, 0.15) is 12.1 Å². The maximum atomic E-state index is 12.4. The molecule has 3 rings (SSSR count). The highest BCUT2D eigenvalue weighted by Crippen LogP contribution is 2.23. The molecular formula is C17H23N3O3. The van der Waals surface area contributed by atoms with E-state index in [1.54, 1.807) is 4.90 Å². The average Bonchev–Trinajstić information content (AvgIpc) is 2.95. The molecule has 6 nitrogen and oxygen atoms in total. The topological polar surface area (TPSA) is 81.7 Å². The van der Waals surface area contributed by atoms with Crippen molar-refractivity contribution in [3.63, 3.8) is 0 Å². The Morgan fingerprint density at radius 3 is 2.70 bits per heavy atom. The molecule has 2 aliphatic rings. The second-order valence-corrected chi connectivity index (χ2v) is 6.53. The number of carbonyl (C=O) groups excluding carboxylic acids is 2. The van der Waals surface area contributed by atoms with Gasteiger partial charge in [0.25, 0.3) is 0 Å². The summed E-state index contributed by atoms with van der Waals surface area (Å²) in [6.07, 6.45) is -0.275. The molecule has 1 aromatic carbocycles. The summed E-state index contributed by atoms with van der Waals surface area (Å²) in [5, 5.41) is 15.7. The largest absolute Gasteiger partial charge is 0.391 e. The molecule has 2 amide bonds. The second-order valence-electron chi connectivity index (χ2n) is 6.53. The molecule has 6 heteroatoms. The van der Waals surface area contributed by atoms with Gasteiger partial charge in [0.05, 0.1) is 6.10 Å². The van der Waals surface area contributed by atoms with E-state index in [1.807, 2.05) is 0 Å². The van der Waals surface area contributed by atoms with E-state index in [9.17, 15) is 14.7 Å². The quantitative estimate of drug-likeness (QED) is 0.726. The number of hydrogen-bond acceptors (Lipinski definition) is 4. The van der Waals surface area contributed by atoms with Crippen LogP contribution in [0.5, 0.6) is 0 Å². The van der Waals surface area contributed by atoms with Gasteiger partial charge < -0.3 is 20.6 Å². The van der Waals surface area contributed by atoms with Gasteiger partial charge in [-0.15, -0.1) is 0 Å². The highest BCUT2D eigenvalue weighted by atomic mass is 16.3. The third kappa shape index (κ3) is 3.23. The van der Waals surface area contributed by atoms with Crippen molar-refractivity contribution < 1.29 is 14.7 Å². The normalized spacial score (nSPS) is 28.5. The third-order valence-electron chi connectivity index (χ3n) is 4.65. The number of fused-ring (bicyclic) bond motifs is 1. The lowest BCUT2D eigenvalue weighted by Crippen LogP contribution is -2.64. The molecule has 0 spiro atoms. The van der Waals surface area contributed by atoms with Gasteiger partial charge in [0.2, 0.25) is 11.8 Å². The molecule has 0 aliphatic carbocycles. The van der Waals surface area contributed by atoms with E-state index in [2.05, 4.69) is 41.8 Å². The molecule has 0 saturated carbocycles. The van der Waals surface area contributed by atoms with E-state index in [4.69, 9.17) is 0 Å². The van der Waals surface area contributed by atoms with Crippen LogP contribution >= 0.6 is 0 Å². The number of aryl methyl sites for hydroxylation is 1. The number of nitrogens with one attached hydrogen (secondary N) is 2. The summed E-state index contributed by atoms with van der Waals surface area (Å²) in [4.78, 5) is 26.1. The SMILES string of the molecule is Cc1ccc(CN[C@H]2C[C@H]3C(=O)N[C@H]([C@H](C)O)C(=O)N3C2)cc1. The molecule has 4 atom stereocenters. The average molecular weight is 317 g/mol. The summed E-state index contributed by atoms with van der Waals surface area (Å²) < 4.78 is 0. The zero-order valence-electron chi connectivity index (χ0n) is 13.5. The van der Waals surface area contributed by atoms with Crippen LogP contribution in [0.15, 0.2) is 24.3 Å². The molecular weight excluding hydrogens is 294 g/mol. The second kappa shape index (κ2) is 6.29. The van der Waals surface area contributed by atoms with Crippen molar-refractivity contribution in [2.75, 3.05) is 6.54 Å². The van der Waals surface area contributed by atoms with E-state index in [0.717, 1.165) is 0 Å². The standard InChI is InChI=1S/C17H23N3O3/c1-10-3-5-12(6-4-10)8-18-13-7-14-16(22)19-15(11(2)21)17(23)20(14)9-13/h3-6,11,13-15,18,21H,7-9H2,1-2H3,(H,19,22)/t11-,13-,14-,15+/m0/s1. The van der Waals surface area contributed by atoms with E-state index >= 15 is 0 Å². The molecule has 0 bridgehead atoms. The molecule has 0 radical (unpaired) electrons. The van der Waals surface area contributed by atoms with Crippen molar-refractivity contribution in [2.45, 2.75) is 51.0 Å². The Hall–Kier alpha value is -1.92. The fraction of sp³-hybridized carbons (Fsp3) is 0.529. The van der Waals surface area contributed by atoms with Crippen LogP contribution in [0.25, 0.3) is 0 Å². The van der Waals surface area contributed by atoms with Crippen molar-refractivity contribution in [1.29, 1.82) is 0 Å². The zero-order valence-corrected chi connectivity index (χ0v) is 13.5. The smallest absolute Gasteiger partial charge is 0.248 e. The number of amides is 2. The molecule has 0 unspecified atom stereocenters. The molecule has 23 heavy (non-hydrogen) atoms. The number of aliphatic hydroxyl groups excluding tert-OH is 1. The summed E-state index contributed by atoms with van der Waals surface area (Å²) in [6.45, 7) is 4.79. The van der Waals surface area contributed by atoms with Gasteiger partial charge in [0.15, 0.2) is 0 Å². The number of rotatable bonds is 4. The number of nitrogens with zero attached hydrogens (tertiary/aromatic N) is 1. The lowest BCUT2D eigenvalue weighted by atomic mass is 10.0. The molecule has 1 aromatic rings. The minimum absolute atomic E-state index is 0.0868. The summed E-state index contributed by atoms with van der Waals surface area (Å²) >= 11 is 0. The van der Waals surface area contributed by atoms with Crippen LogP contribution in [-0.2, 0) is 16.1 Å². The molecule has 0 aromatic heterocycles. The van der Waals surface area contributed by atoms with E-state index in [-0.39, 0.29) is 17.9 Å². The van der Waals surface area contributed by atoms with Crippen LogP contribution < -0.4 is 10.6 Å². The van der Waals surface area contributed by atoms with E-state index in [1.165, 1.54) is 18.1 Å². The Bertz CT molecular complexity index is 600. The summed E-state index contributed by atoms with van der Waals surface area (Å²) in [6, 6.07) is 7.13.